The second kappa shape index (κ2) is 11.1. The molecule has 0 unspecified atom stereocenters. The number of hydrogen-bond acceptors (Lipinski definition) is 6. The molecule has 0 saturated heterocycles. The van der Waals surface area contributed by atoms with Crippen LogP contribution in [0.4, 0.5) is 30.4 Å². The van der Waals surface area contributed by atoms with Crippen LogP contribution in [0.25, 0.3) is 11.0 Å². The molecule has 0 aliphatic carbocycles. The highest BCUT2D eigenvalue weighted by Crippen LogP contribution is 2.32. The molecule has 0 aliphatic rings. The molecule has 4 rings (SSSR count). The van der Waals surface area contributed by atoms with Crippen molar-refractivity contribution in [1.82, 2.24) is 24.6 Å². The van der Waals surface area contributed by atoms with Crippen molar-refractivity contribution in [3.05, 3.63) is 71.1 Å². The molecular weight excluding hydrogens is 507 g/mol. The molecule has 2 aromatic heterocycles. The number of alkyl halides is 3. The molecule has 0 atom stereocenters. The predicted octanol–water partition coefficient (Wildman–Crippen LogP) is 5.84. The summed E-state index contributed by atoms with van der Waals surface area (Å²) in [5, 5.41) is 11.3. The fraction of sp³-hybridized carbons (Fsp3) is 0.280. The molecule has 12 heteroatoms. The van der Waals surface area contributed by atoms with Gasteiger partial charge in [0.2, 0.25) is 0 Å². The lowest BCUT2D eigenvalue weighted by Crippen LogP contribution is -2.27. The van der Waals surface area contributed by atoms with Gasteiger partial charge >= 0.3 is 6.18 Å². The molecule has 2 aromatic carbocycles. The Bertz CT molecular complexity index is 1400. The molecule has 1 amide bonds. The van der Waals surface area contributed by atoms with Crippen LogP contribution in [0.2, 0.25) is 5.02 Å². The van der Waals surface area contributed by atoms with Gasteiger partial charge in [0.15, 0.2) is 5.65 Å². The van der Waals surface area contributed by atoms with E-state index in [1.807, 2.05) is 4.68 Å². The highest BCUT2D eigenvalue weighted by molar-refractivity contribution is 6.33. The van der Waals surface area contributed by atoms with E-state index in [0.29, 0.717) is 39.8 Å². The van der Waals surface area contributed by atoms with Crippen molar-refractivity contribution in [1.29, 1.82) is 0 Å². The molecule has 0 radical (unpaired) electrons. The van der Waals surface area contributed by atoms with E-state index in [4.69, 9.17) is 11.6 Å². The van der Waals surface area contributed by atoms with Crippen molar-refractivity contribution < 1.29 is 18.0 Å². The van der Waals surface area contributed by atoms with Crippen molar-refractivity contribution in [2.45, 2.75) is 26.6 Å². The van der Waals surface area contributed by atoms with E-state index >= 15 is 0 Å². The van der Waals surface area contributed by atoms with Crippen LogP contribution in [0, 0.1) is 0 Å². The maximum Gasteiger partial charge on any atom is 0.416 e. The Hall–Kier alpha value is -3.70. The number of nitrogens with one attached hydrogen (secondary N) is 2. The van der Waals surface area contributed by atoms with Crippen LogP contribution >= 0.6 is 11.6 Å². The number of likely N-dealkylation sites (N-methyl/N-ethyl adjacent to an activating group) is 1. The minimum Gasteiger partial charge on any atom is -0.338 e. The number of carbonyl (C=O) groups excluding carboxylic acids is 1. The Balaban J connectivity index is 1.53. The van der Waals surface area contributed by atoms with Crippen LogP contribution in [0.1, 0.15) is 29.8 Å². The summed E-state index contributed by atoms with van der Waals surface area (Å²) in [6.45, 7) is 7.59. The van der Waals surface area contributed by atoms with Crippen LogP contribution in [-0.4, -0.2) is 50.2 Å². The summed E-state index contributed by atoms with van der Waals surface area (Å²) in [6.07, 6.45) is -1.45. The summed E-state index contributed by atoms with van der Waals surface area (Å²) in [6, 6.07) is 8.92. The van der Waals surface area contributed by atoms with Crippen molar-refractivity contribution in [3.8, 4) is 0 Å². The maximum atomic E-state index is 13.0. The van der Waals surface area contributed by atoms with Crippen molar-refractivity contribution in [2.75, 3.05) is 30.3 Å². The maximum absolute atomic E-state index is 13.0. The third-order valence-electron chi connectivity index (χ3n) is 5.89. The van der Waals surface area contributed by atoms with Crippen LogP contribution in [0.15, 0.2) is 55.0 Å². The Labute approximate surface area is 216 Å². The van der Waals surface area contributed by atoms with E-state index < -0.39 is 17.6 Å². The lowest BCUT2D eigenvalue weighted by Gasteiger charge is -2.17. The first-order chi connectivity index (χ1) is 17.7. The number of nitrogens with zero attached hydrogens (tertiary/aromatic N) is 5. The zero-order chi connectivity index (χ0) is 26.6. The molecule has 194 valence electrons. The zero-order valence-corrected chi connectivity index (χ0v) is 20.9. The molecule has 0 saturated carbocycles. The van der Waals surface area contributed by atoms with Crippen LogP contribution in [0.5, 0.6) is 0 Å². The first-order valence-electron chi connectivity index (χ1n) is 11.6. The predicted molar refractivity (Wildman–Crippen MR) is 137 cm³/mol. The first-order valence-corrected chi connectivity index (χ1v) is 12.0. The number of aromatic nitrogens is 4. The SMILES string of the molecule is CCN(CC)CCn1ncc2c(Nc3cc(NC(=O)c4cccc(C(F)(F)F)c4)ccc3Cl)ncnc21. The van der Waals surface area contributed by atoms with Crippen LogP contribution < -0.4 is 10.6 Å². The molecule has 2 N–H and O–H groups in total. The van der Waals surface area contributed by atoms with Gasteiger partial charge in [-0.2, -0.15) is 18.3 Å². The summed E-state index contributed by atoms with van der Waals surface area (Å²) < 4.78 is 40.9. The Kier molecular flexibility index (Phi) is 7.94. The number of amides is 1. The molecule has 0 fully saturated rings. The van der Waals surface area contributed by atoms with Gasteiger partial charge in [0.25, 0.3) is 5.91 Å². The number of halogens is 4. The monoisotopic (exact) mass is 531 g/mol. The molecule has 0 aliphatic heterocycles. The summed E-state index contributed by atoms with van der Waals surface area (Å²) in [4.78, 5) is 23.6. The fourth-order valence-corrected chi connectivity index (χ4v) is 3.96. The van der Waals surface area contributed by atoms with Crippen molar-refractivity contribution in [2.24, 2.45) is 0 Å². The lowest BCUT2D eigenvalue weighted by atomic mass is 10.1. The minimum absolute atomic E-state index is 0.117. The van der Waals surface area contributed by atoms with Gasteiger partial charge in [-0.25, -0.2) is 14.6 Å². The van der Waals surface area contributed by atoms with E-state index in [1.165, 1.54) is 18.5 Å². The minimum atomic E-state index is -4.55. The topological polar surface area (TPSA) is 88.0 Å². The highest BCUT2D eigenvalue weighted by Gasteiger charge is 2.30. The summed E-state index contributed by atoms with van der Waals surface area (Å²) in [5.41, 5.74) is 0.432. The average Bonchev–Trinajstić information content (AvgIpc) is 3.30. The standard InChI is InChI=1S/C25H25ClF3N7O/c1-3-35(4-2)10-11-36-23-19(14-32-36)22(30-15-31-23)34-21-13-18(8-9-20(21)26)33-24(37)16-6-5-7-17(12-16)25(27,28)29/h5-9,12-15H,3-4,10-11H2,1-2H3,(H,33,37)(H,30,31,34). The third kappa shape index (κ3) is 6.17. The van der Waals surface area contributed by atoms with Gasteiger partial charge < -0.3 is 15.5 Å². The van der Waals surface area contributed by atoms with E-state index in [-0.39, 0.29) is 5.56 Å². The van der Waals surface area contributed by atoms with Gasteiger partial charge in [0, 0.05) is 17.8 Å². The Morgan fingerprint density at radius 3 is 2.62 bits per heavy atom. The van der Waals surface area contributed by atoms with Crippen molar-refractivity contribution in [3.63, 3.8) is 0 Å². The molecule has 0 spiro atoms. The van der Waals surface area contributed by atoms with Gasteiger partial charge in [0.1, 0.15) is 12.1 Å². The zero-order valence-electron chi connectivity index (χ0n) is 20.2. The van der Waals surface area contributed by atoms with Gasteiger partial charge in [-0.3, -0.25) is 4.79 Å². The van der Waals surface area contributed by atoms with Crippen LogP contribution in [-0.2, 0) is 12.7 Å². The van der Waals surface area contributed by atoms with E-state index in [2.05, 4.69) is 44.4 Å². The molecule has 0 bridgehead atoms. The van der Waals surface area contributed by atoms with E-state index in [0.717, 1.165) is 31.8 Å². The number of rotatable bonds is 9. The Morgan fingerprint density at radius 2 is 1.89 bits per heavy atom. The summed E-state index contributed by atoms with van der Waals surface area (Å²) in [5.74, 6) is -0.208. The number of anilines is 3. The quantitative estimate of drug-likeness (QED) is 0.282. The normalized spacial score (nSPS) is 11.8. The molecule has 4 aromatic rings. The highest BCUT2D eigenvalue weighted by atomic mass is 35.5. The van der Waals surface area contributed by atoms with Gasteiger partial charge in [-0.05, 0) is 49.5 Å². The number of benzene rings is 2. The van der Waals surface area contributed by atoms with E-state index in [1.54, 1.807) is 24.4 Å². The number of fused-ring (bicyclic) bond motifs is 1. The second-order valence-electron chi connectivity index (χ2n) is 8.21. The largest absolute Gasteiger partial charge is 0.416 e. The van der Waals surface area contributed by atoms with Gasteiger partial charge in [-0.1, -0.05) is 31.5 Å². The Morgan fingerprint density at radius 1 is 1.11 bits per heavy atom. The smallest absolute Gasteiger partial charge is 0.338 e. The third-order valence-corrected chi connectivity index (χ3v) is 6.22. The summed E-state index contributed by atoms with van der Waals surface area (Å²) >= 11 is 6.37. The van der Waals surface area contributed by atoms with E-state index in [9.17, 15) is 18.0 Å². The first kappa shape index (κ1) is 26.4. The average molecular weight is 532 g/mol. The molecular formula is C25H25ClF3N7O. The number of carbonyl (C=O) groups is 1. The number of hydrogen-bond donors (Lipinski definition) is 2. The summed E-state index contributed by atoms with van der Waals surface area (Å²) in [7, 11) is 0. The van der Waals surface area contributed by atoms with Crippen LogP contribution in [0.3, 0.4) is 0 Å². The molecule has 2 heterocycles. The molecule has 8 nitrogen and oxygen atoms in total. The fourth-order valence-electron chi connectivity index (χ4n) is 3.80. The molecule has 37 heavy (non-hydrogen) atoms. The van der Waals surface area contributed by atoms with Gasteiger partial charge in [-0.15, -0.1) is 0 Å². The second-order valence-corrected chi connectivity index (χ2v) is 8.61. The van der Waals surface area contributed by atoms with Gasteiger partial charge in [0.05, 0.1) is 34.4 Å². The van der Waals surface area contributed by atoms with Crippen molar-refractivity contribution >= 4 is 45.7 Å². The lowest BCUT2D eigenvalue weighted by molar-refractivity contribution is -0.137.